The Morgan fingerprint density at radius 2 is 2.08 bits per heavy atom. The lowest BCUT2D eigenvalue weighted by Gasteiger charge is -2.03. The van der Waals surface area contributed by atoms with Crippen molar-refractivity contribution in [2.24, 2.45) is 5.84 Å². The van der Waals surface area contributed by atoms with Crippen molar-refractivity contribution in [1.29, 1.82) is 0 Å². The number of nitrogens with two attached hydrogens (primary N) is 1. The van der Waals surface area contributed by atoms with Gasteiger partial charge in [-0.3, -0.25) is 10.2 Å². The van der Waals surface area contributed by atoms with Crippen LogP contribution in [0.4, 0.5) is 0 Å². The smallest absolute Gasteiger partial charge is 0.265 e. The Morgan fingerprint density at radius 1 is 1.46 bits per heavy atom. The largest absolute Gasteiger partial charge is 0.504 e. The minimum atomic E-state index is -0.600. The van der Waals surface area contributed by atoms with E-state index in [1.54, 1.807) is 0 Å². The fourth-order valence-electron chi connectivity index (χ4n) is 0.799. The van der Waals surface area contributed by atoms with E-state index in [1.165, 1.54) is 6.07 Å². The fourth-order valence-corrected chi connectivity index (χ4v) is 1.01. The third-order valence-corrected chi connectivity index (χ3v) is 1.72. The van der Waals surface area contributed by atoms with Gasteiger partial charge in [0.15, 0.2) is 11.5 Å². The van der Waals surface area contributed by atoms with Gasteiger partial charge in [0.1, 0.15) is 0 Å². The lowest BCUT2D eigenvalue weighted by Crippen LogP contribution is -2.29. The number of hydrazine groups is 1. The van der Waals surface area contributed by atoms with Crippen molar-refractivity contribution in [1.82, 2.24) is 5.43 Å². The van der Waals surface area contributed by atoms with Crippen molar-refractivity contribution in [3.63, 3.8) is 0 Å². The second kappa shape index (κ2) is 3.51. The molecule has 0 saturated heterocycles. The van der Waals surface area contributed by atoms with Crippen molar-refractivity contribution in [2.75, 3.05) is 0 Å². The highest BCUT2D eigenvalue weighted by molar-refractivity contribution is 6.32. The Morgan fingerprint density at radius 3 is 2.54 bits per heavy atom. The van der Waals surface area contributed by atoms with Crippen LogP contribution in [0.25, 0.3) is 0 Å². The van der Waals surface area contributed by atoms with Crippen molar-refractivity contribution < 1.29 is 15.0 Å². The van der Waals surface area contributed by atoms with Gasteiger partial charge in [0.25, 0.3) is 5.91 Å². The number of rotatable bonds is 1. The van der Waals surface area contributed by atoms with Crippen LogP contribution in [0.5, 0.6) is 11.5 Å². The highest BCUT2D eigenvalue weighted by Crippen LogP contribution is 2.33. The first-order chi connectivity index (χ1) is 6.06. The molecule has 5 N–H and O–H groups in total. The predicted octanol–water partition coefficient (Wildman–Crippen LogP) is 0.355. The monoisotopic (exact) mass is 202 g/mol. The zero-order valence-corrected chi connectivity index (χ0v) is 7.17. The standard InChI is InChI=1S/C7H7ClN2O3/c8-4-1-3(7(13)10-9)2-5(11)6(4)12/h1-2,11-12H,9H2,(H,10,13). The van der Waals surface area contributed by atoms with Gasteiger partial charge >= 0.3 is 0 Å². The maximum absolute atomic E-state index is 10.9. The Hall–Kier alpha value is -1.46. The lowest BCUT2D eigenvalue weighted by molar-refractivity contribution is 0.0953. The van der Waals surface area contributed by atoms with E-state index in [4.69, 9.17) is 27.7 Å². The average molecular weight is 203 g/mol. The summed E-state index contributed by atoms with van der Waals surface area (Å²) in [6.07, 6.45) is 0. The average Bonchev–Trinajstić information content (AvgIpc) is 2.12. The van der Waals surface area contributed by atoms with Gasteiger partial charge in [-0.2, -0.15) is 0 Å². The normalized spacial score (nSPS) is 9.69. The third kappa shape index (κ3) is 1.82. The number of hydrogen-bond donors (Lipinski definition) is 4. The molecule has 1 rings (SSSR count). The van der Waals surface area contributed by atoms with Crippen LogP contribution >= 0.6 is 11.6 Å². The molecule has 6 heteroatoms. The molecule has 70 valence electrons. The van der Waals surface area contributed by atoms with Gasteiger partial charge in [-0.05, 0) is 12.1 Å². The molecule has 0 saturated carbocycles. The Bertz CT molecular complexity index is 331. The molecule has 1 amide bonds. The number of nitrogens with one attached hydrogen (secondary N) is 1. The molecule has 0 fully saturated rings. The van der Waals surface area contributed by atoms with Crippen LogP contribution in [0.15, 0.2) is 12.1 Å². The number of phenols is 2. The summed E-state index contributed by atoms with van der Waals surface area (Å²) in [4.78, 5) is 10.9. The molecule has 0 bridgehead atoms. The Labute approximate surface area is 78.7 Å². The molecule has 0 atom stereocenters. The third-order valence-electron chi connectivity index (χ3n) is 1.44. The topological polar surface area (TPSA) is 95.6 Å². The highest BCUT2D eigenvalue weighted by Gasteiger charge is 2.11. The first-order valence-corrected chi connectivity index (χ1v) is 3.66. The summed E-state index contributed by atoms with van der Waals surface area (Å²) in [5.41, 5.74) is 1.94. The maximum atomic E-state index is 10.9. The number of halogens is 1. The van der Waals surface area contributed by atoms with Gasteiger partial charge in [-0.25, -0.2) is 5.84 Å². The number of benzene rings is 1. The summed E-state index contributed by atoms with van der Waals surface area (Å²) in [6, 6.07) is 2.25. The van der Waals surface area contributed by atoms with Gasteiger partial charge < -0.3 is 10.2 Å². The van der Waals surface area contributed by atoms with E-state index in [0.717, 1.165) is 6.07 Å². The molecule has 0 aliphatic carbocycles. The molecule has 0 aromatic heterocycles. The van der Waals surface area contributed by atoms with Gasteiger partial charge in [-0.15, -0.1) is 0 Å². The predicted molar refractivity (Wildman–Crippen MR) is 46.4 cm³/mol. The van der Waals surface area contributed by atoms with Crippen molar-refractivity contribution in [3.05, 3.63) is 22.7 Å². The van der Waals surface area contributed by atoms with Crippen LogP contribution in [-0.4, -0.2) is 16.1 Å². The molecule has 5 nitrogen and oxygen atoms in total. The number of carbonyl (C=O) groups excluding carboxylic acids is 1. The van der Waals surface area contributed by atoms with Crippen molar-refractivity contribution in [3.8, 4) is 11.5 Å². The van der Waals surface area contributed by atoms with Crippen molar-refractivity contribution in [2.45, 2.75) is 0 Å². The minimum absolute atomic E-state index is 0.0720. The van der Waals surface area contributed by atoms with E-state index >= 15 is 0 Å². The van der Waals surface area contributed by atoms with Crippen LogP contribution < -0.4 is 11.3 Å². The molecule has 13 heavy (non-hydrogen) atoms. The van der Waals surface area contributed by atoms with E-state index in [-0.39, 0.29) is 10.6 Å². The number of carbonyl (C=O) groups is 1. The highest BCUT2D eigenvalue weighted by atomic mass is 35.5. The zero-order chi connectivity index (χ0) is 10.0. The van der Waals surface area contributed by atoms with E-state index in [9.17, 15) is 4.79 Å². The van der Waals surface area contributed by atoms with Gasteiger partial charge in [0.2, 0.25) is 0 Å². The number of aromatic hydroxyl groups is 2. The first kappa shape index (κ1) is 9.63. The van der Waals surface area contributed by atoms with E-state index in [0.29, 0.717) is 0 Å². The summed E-state index contributed by atoms with van der Waals surface area (Å²) in [5.74, 6) is 3.33. The van der Waals surface area contributed by atoms with E-state index in [1.807, 2.05) is 5.43 Å². The summed E-state index contributed by atoms with van der Waals surface area (Å²) >= 11 is 5.49. The van der Waals surface area contributed by atoms with Crippen LogP contribution in [0.1, 0.15) is 10.4 Å². The van der Waals surface area contributed by atoms with Crippen LogP contribution in [0.3, 0.4) is 0 Å². The number of phenolic OH excluding ortho intramolecular Hbond substituents is 2. The maximum Gasteiger partial charge on any atom is 0.265 e. The minimum Gasteiger partial charge on any atom is -0.504 e. The van der Waals surface area contributed by atoms with Crippen LogP contribution in [-0.2, 0) is 0 Å². The molecule has 0 unspecified atom stereocenters. The molecule has 1 aromatic carbocycles. The summed E-state index contributed by atoms with van der Waals surface area (Å²) in [5, 5.41) is 18.0. The molecule has 0 aliphatic heterocycles. The Balaban J connectivity index is 3.20. The summed E-state index contributed by atoms with van der Waals surface area (Å²) in [7, 11) is 0. The zero-order valence-electron chi connectivity index (χ0n) is 6.41. The Kier molecular flexibility index (Phi) is 2.60. The van der Waals surface area contributed by atoms with Crippen LogP contribution in [0.2, 0.25) is 5.02 Å². The molecular weight excluding hydrogens is 196 g/mol. The molecule has 0 spiro atoms. The molecule has 0 heterocycles. The second-order valence-corrected chi connectivity index (χ2v) is 2.71. The second-order valence-electron chi connectivity index (χ2n) is 2.30. The quantitative estimate of drug-likeness (QED) is 0.229. The summed E-state index contributed by atoms with van der Waals surface area (Å²) < 4.78 is 0. The van der Waals surface area contributed by atoms with Gasteiger partial charge in [-0.1, -0.05) is 11.6 Å². The molecule has 0 radical (unpaired) electrons. The fraction of sp³-hybridized carbons (Fsp3) is 0. The SMILES string of the molecule is NNC(=O)c1cc(O)c(O)c(Cl)c1. The van der Waals surface area contributed by atoms with E-state index < -0.39 is 17.4 Å². The number of amides is 1. The molecule has 1 aromatic rings. The van der Waals surface area contributed by atoms with Crippen LogP contribution in [0, 0.1) is 0 Å². The number of nitrogen functional groups attached to an aromatic ring is 1. The van der Waals surface area contributed by atoms with E-state index in [2.05, 4.69) is 0 Å². The lowest BCUT2D eigenvalue weighted by atomic mass is 10.2. The molecular formula is C7H7ClN2O3. The number of hydrogen-bond acceptors (Lipinski definition) is 4. The molecule has 0 aliphatic rings. The summed E-state index contributed by atoms with van der Waals surface area (Å²) in [6.45, 7) is 0. The van der Waals surface area contributed by atoms with Gasteiger partial charge in [0.05, 0.1) is 5.02 Å². The van der Waals surface area contributed by atoms with Crippen molar-refractivity contribution >= 4 is 17.5 Å². The first-order valence-electron chi connectivity index (χ1n) is 3.28. The van der Waals surface area contributed by atoms with Gasteiger partial charge in [0, 0.05) is 5.56 Å².